The van der Waals surface area contributed by atoms with Crippen molar-refractivity contribution in [3.05, 3.63) is 47.0 Å². The van der Waals surface area contributed by atoms with Gasteiger partial charge in [-0.25, -0.2) is 22.8 Å². The second-order valence-electron chi connectivity index (χ2n) is 18.3. The zero-order valence-corrected chi connectivity index (χ0v) is 37.7. The Bertz CT molecular complexity index is 2360. The predicted octanol–water partition coefficient (Wildman–Crippen LogP) is 7.21. The van der Waals surface area contributed by atoms with Gasteiger partial charge in [0.15, 0.2) is 5.78 Å². The Morgan fingerprint density at radius 3 is 2.58 bits per heavy atom. The molecule has 6 atom stereocenters. The molecular formula is C46H58FN5O8S2. The first-order valence-corrected chi connectivity index (χ1v) is 24.7. The van der Waals surface area contributed by atoms with Crippen LogP contribution < -0.4 is 14.2 Å². The number of pyridine rings is 1. The molecule has 5 heterocycles. The van der Waals surface area contributed by atoms with Crippen LogP contribution in [0.15, 0.2) is 35.7 Å². The summed E-state index contributed by atoms with van der Waals surface area (Å²) in [6, 6.07) is 4.57. The smallest absolute Gasteiger partial charge is 0.240 e. The average Bonchev–Trinajstić information content (AvgIpc) is 4.12. The van der Waals surface area contributed by atoms with Gasteiger partial charge >= 0.3 is 0 Å². The Kier molecular flexibility index (Phi) is 12.8. The van der Waals surface area contributed by atoms with E-state index in [1.54, 1.807) is 7.11 Å². The molecule has 2 aromatic heterocycles. The van der Waals surface area contributed by atoms with E-state index in [-0.39, 0.29) is 61.8 Å². The summed E-state index contributed by atoms with van der Waals surface area (Å²) >= 11 is 1.48. The molecule has 2 aliphatic carbocycles. The third kappa shape index (κ3) is 9.27. The SMILES string of the molecule is COc1ccc2c(O[C@@H]3C[C@H]4C(=O)C[C@]5(C(=O)NS(=O)(=O)C6CC6)C[C@H]5/C=C\CCCCC[C@H](CC(=O)N5CCCC(F)C5)C(=O)N4C3)cc(-c3nc(C(C)C)cs3)nc2c1C. The summed E-state index contributed by atoms with van der Waals surface area (Å²) in [4.78, 5) is 70.4. The number of nitrogens with zero attached hydrogens (tertiary/aromatic N) is 4. The molecule has 16 heteroatoms. The van der Waals surface area contributed by atoms with Crippen LogP contribution in [0.25, 0.3) is 21.6 Å². The number of carbonyl (C=O) groups is 4. The van der Waals surface area contributed by atoms with Crippen molar-refractivity contribution in [3.63, 3.8) is 0 Å². The van der Waals surface area contributed by atoms with Crippen LogP contribution in [0.4, 0.5) is 4.39 Å². The van der Waals surface area contributed by atoms with Crippen LogP contribution in [0.3, 0.4) is 0 Å². The summed E-state index contributed by atoms with van der Waals surface area (Å²) in [6.07, 6.45) is 7.57. The number of sulfonamides is 1. The van der Waals surface area contributed by atoms with Crippen LogP contribution in [0.2, 0.25) is 0 Å². The number of rotatable bonds is 10. The molecule has 1 aromatic carbocycles. The number of amides is 3. The quantitative estimate of drug-likeness (QED) is 0.206. The highest BCUT2D eigenvalue weighted by Gasteiger charge is 2.61. The van der Waals surface area contributed by atoms with Gasteiger partial charge in [0.2, 0.25) is 27.7 Å². The lowest BCUT2D eigenvalue weighted by molar-refractivity contribution is -0.145. The lowest BCUT2D eigenvalue weighted by atomic mass is 9.90. The van der Waals surface area contributed by atoms with E-state index in [0.29, 0.717) is 84.6 Å². The summed E-state index contributed by atoms with van der Waals surface area (Å²) in [7, 11) is -2.28. The van der Waals surface area contributed by atoms with Crippen LogP contribution in [0.5, 0.6) is 11.5 Å². The number of benzene rings is 1. The molecule has 3 aliphatic heterocycles. The van der Waals surface area contributed by atoms with Gasteiger partial charge in [-0.2, -0.15) is 0 Å². The summed E-state index contributed by atoms with van der Waals surface area (Å²) < 4.78 is 55.3. The summed E-state index contributed by atoms with van der Waals surface area (Å²) in [5, 5.41) is 2.83. The molecule has 62 heavy (non-hydrogen) atoms. The van der Waals surface area contributed by atoms with Gasteiger partial charge in [-0.05, 0) is 82.3 Å². The molecule has 0 bridgehead atoms. The monoisotopic (exact) mass is 891 g/mol. The topological polar surface area (TPSA) is 165 Å². The van der Waals surface area contributed by atoms with Crippen molar-refractivity contribution in [2.75, 3.05) is 26.7 Å². The average molecular weight is 892 g/mol. The Balaban J connectivity index is 1.14. The van der Waals surface area contributed by atoms with Gasteiger partial charge in [0.05, 0.1) is 48.1 Å². The number of carbonyl (C=O) groups excluding carboxylic acids is 4. The minimum absolute atomic E-state index is 0.00159. The van der Waals surface area contributed by atoms with Crippen LogP contribution in [-0.4, -0.2) is 102 Å². The number of nitrogens with one attached hydrogen (secondary N) is 1. The Morgan fingerprint density at radius 2 is 1.85 bits per heavy atom. The van der Waals surface area contributed by atoms with E-state index >= 15 is 0 Å². The number of thiazole rings is 1. The molecule has 3 aromatic rings. The number of allylic oxidation sites excluding steroid dienone is 2. The predicted molar refractivity (Wildman–Crippen MR) is 234 cm³/mol. The number of Topliss-reactive ketones (excluding diaryl/α,β-unsaturated/α-hetero) is 1. The standard InChI is InChI=1S/C46H58FN5O8S2/c1-27(2)36-26-61-43(49-36)35-21-40(34-16-17-39(59-4)28(3)42(34)48-35)60-32-20-37-38(53)23-46(45(56)50-62(57,58)33-14-15-33)22-30(46)12-9-7-5-6-8-11-29(44(55)52(37)25-32)19-41(54)51-18-10-13-31(47)24-51/h9,12,16-17,21,26-27,29-33,37H,5-8,10-11,13-15,18-20,22-25H2,1-4H3,(H,50,56)/b12-9-/t29-,30-,31?,32-,37+,46-/m1/s1. The first kappa shape index (κ1) is 44.2. The Hall–Kier alpha value is -4.44. The number of piperidine rings is 1. The van der Waals surface area contributed by atoms with Crippen molar-refractivity contribution in [3.8, 4) is 22.2 Å². The van der Waals surface area contributed by atoms with E-state index in [9.17, 15) is 32.0 Å². The van der Waals surface area contributed by atoms with Crippen molar-refractivity contribution in [2.24, 2.45) is 17.3 Å². The third-order valence-corrected chi connectivity index (χ3v) is 16.2. The lowest BCUT2D eigenvalue weighted by Gasteiger charge is -2.32. The number of halogens is 1. The van der Waals surface area contributed by atoms with Gasteiger partial charge in [-0.3, -0.25) is 23.9 Å². The maximum Gasteiger partial charge on any atom is 0.240 e. The lowest BCUT2D eigenvalue weighted by Crippen LogP contribution is -2.47. The van der Waals surface area contributed by atoms with Gasteiger partial charge in [-0.15, -0.1) is 11.3 Å². The first-order chi connectivity index (χ1) is 29.7. The van der Waals surface area contributed by atoms with Gasteiger partial charge in [0, 0.05) is 54.1 Å². The maximum atomic E-state index is 15.0. The second kappa shape index (κ2) is 18.0. The molecule has 5 aliphatic rings. The molecule has 2 saturated heterocycles. The normalized spacial score (nSPS) is 27.9. The van der Waals surface area contributed by atoms with Crippen molar-refractivity contribution in [1.82, 2.24) is 24.5 Å². The molecule has 4 fully saturated rings. The van der Waals surface area contributed by atoms with Crippen molar-refractivity contribution in [2.45, 2.75) is 134 Å². The largest absolute Gasteiger partial charge is 0.496 e. The molecule has 0 radical (unpaired) electrons. The number of alkyl halides is 1. The minimum atomic E-state index is -3.88. The fourth-order valence-electron chi connectivity index (χ4n) is 9.47. The summed E-state index contributed by atoms with van der Waals surface area (Å²) in [5.74, 6) is -1.39. The molecule has 1 unspecified atom stereocenters. The summed E-state index contributed by atoms with van der Waals surface area (Å²) in [6.45, 7) is 6.55. The number of aryl methyl sites for hydroxylation is 1. The van der Waals surface area contributed by atoms with Crippen LogP contribution in [-0.2, 0) is 29.2 Å². The van der Waals surface area contributed by atoms with E-state index in [1.807, 2.05) is 42.7 Å². The molecule has 0 spiro atoms. The van der Waals surface area contributed by atoms with E-state index in [2.05, 4.69) is 18.6 Å². The van der Waals surface area contributed by atoms with Gasteiger partial charge in [-0.1, -0.05) is 38.8 Å². The molecule has 1 N–H and O–H groups in total. The van der Waals surface area contributed by atoms with E-state index in [1.165, 1.54) is 21.1 Å². The maximum absolute atomic E-state index is 15.0. The number of likely N-dealkylation sites (tertiary alicyclic amines) is 1. The van der Waals surface area contributed by atoms with E-state index in [4.69, 9.17) is 19.4 Å². The number of fused-ring (bicyclic) bond motifs is 3. The van der Waals surface area contributed by atoms with E-state index in [0.717, 1.165) is 30.5 Å². The number of aromatic nitrogens is 2. The highest BCUT2D eigenvalue weighted by molar-refractivity contribution is 7.90. The Morgan fingerprint density at radius 1 is 1.05 bits per heavy atom. The molecule has 8 rings (SSSR count). The fraction of sp³-hybridized carbons (Fsp3) is 0.609. The fourth-order valence-corrected chi connectivity index (χ4v) is 11.8. The zero-order valence-electron chi connectivity index (χ0n) is 36.1. The number of ether oxygens (including phenoxy) is 2. The number of hydrogen-bond donors (Lipinski definition) is 1. The first-order valence-electron chi connectivity index (χ1n) is 22.3. The summed E-state index contributed by atoms with van der Waals surface area (Å²) in [5.41, 5.74) is 1.74. The van der Waals surface area contributed by atoms with Crippen LogP contribution >= 0.6 is 11.3 Å². The van der Waals surface area contributed by atoms with Crippen molar-refractivity contribution < 1.29 is 41.5 Å². The molecule has 3 amide bonds. The van der Waals surface area contributed by atoms with Gasteiger partial charge < -0.3 is 19.3 Å². The van der Waals surface area contributed by atoms with Crippen molar-refractivity contribution in [1.29, 1.82) is 0 Å². The Labute approximate surface area is 367 Å². The molecular weight excluding hydrogens is 834 g/mol. The van der Waals surface area contributed by atoms with Crippen molar-refractivity contribution >= 4 is 55.8 Å². The molecule has 13 nitrogen and oxygen atoms in total. The minimum Gasteiger partial charge on any atom is -0.496 e. The van der Waals surface area contributed by atoms with Gasteiger partial charge in [0.1, 0.15) is 34.5 Å². The molecule has 334 valence electrons. The number of methoxy groups -OCH3 is 1. The van der Waals surface area contributed by atoms with Crippen LogP contribution in [0.1, 0.15) is 114 Å². The number of ketones is 1. The highest BCUT2D eigenvalue weighted by Crippen LogP contribution is 2.57. The van der Waals surface area contributed by atoms with E-state index < -0.39 is 50.8 Å². The van der Waals surface area contributed by atoms with Gasteiger partial charge in [0.25, 0.3) is 0 Å². The van der Waals surface area contributed by atoms with Crippen LogP contribution in [0, 0.1) is 24.2 Å². The highest BCUT2D eigenvalue weighted by atomic mass is 32.2. The number of hydrogen-bond acceptors (Lipinski definition) is 11. The molecule has 2 saturated carbocycles. The third-order valence-electron chi connectivity index (χ3n) is 13.5. The second-order valence-corrected chi connectivity index (χ2v) is 21.2. The zero-order chi connectivity index (χ0) is 43.9.